The molecule has 4 nitrogen and oxygen atoms in total. The number of amides is 1. The Morgan fingerprint density at radius 3 is 2.89 bits per heavy atom. The summed E-state index contributed by atoms with van der Waals surface area (Å²) in [7, 11) is 0. The van der Waals surface area contributed by atoms with E-state index < -0.39 is 0 Å². The van der Waals surface area contributed by atoms with Crippen LogP contribution in [0.25, 0.3) is 0 Å². The number of hydrogen-bond acceptors (Lipinski definition) is 3. The van der Waals surface area contributed by atoms with Gasteiger partial charge in [-0.15, -0.1) is 0 Å². The zero-order chi connectivity index (χ0) is 13.0. The summed E-state index contributed by atoms with van der Waals surface area (Å²) in [6, 6.07) is 12.0. The Bertz CT molecular complexity index is 634. The number of nitrogens with zero attached hydrogens (tertiary/aromatic N) is 2. The Morgan fingerprint density at radius 1 is 1.33 bits per heavy atom. The van der Waals surface area contributed by atoms with Gasteiger partial charge in [-0.25, -0.2) is 4.98 Å². The first-order valence-corrected chi connectivity index (χ1v) is 5.91. The van der Waals surface area contributed by atoms with Crippen LogP contribution in [0, 0.1) is 11.3 Å². The van der Waals surface area contributed by atoms with Gasteiger partial charge in [-0.1, -0.05) is 6.07 Å². The molecule has 88 valence electrons. The van der Waals surface area contributed by atoms with E-state index in [-0.39, 0.29) is 5.91 Å². The Kier molecular flexibility index (Phi) is 3.70. The first-order valence-electron chi connectivity index (χ1n) is 5.12. The molecule has 0 aliphatic rings. The van der Waals surface area contributed by atoms with Crippen LogP contribution in [0.3, 0.4) is 0 Å². The molecule has 18 heavy (non-hydrogen) atoms. The highest BCUT2D eigenvalue weighted by Gasteiger charge is 2.06. The fourth-order valence-corrected chi connectivity index (χ4v) is 1.78. The number of nitrogens with one attached hydrogen (secondary N) is 1. The monoisotopic (exact) mass is 301 g/mol. The third kappa shape index (κ3) is 2.93. The minimum Gasteiger partial charge on any atom is -0.322 e. The SMILES string of the molecule is N#Cc1cccc(NC(=O)c2ccnc(Br)c2)c1. The Morgan fingerprint density at radius 2 is 2.17 bits per heavy atom. The molecule has 1 N–H and O–H groups in total. The predicted molar refractivity (Wildman–Crippen MR) is 71.0 cm³/mol. The zero-order valence-corrected chi connectivity index (χ0v) is 10.8. The molecule has 2 aromatic rings. The topological polar surface area (TPSA) is 65.8 Å². The van der Waals surface area contributed by atoms with Crippen molar-refractivity contribution < 1.29 is 4.79 Å². The largest absolute Gasteiger partial charge is 0.322 e. The van der Waals surface area contributed by atoms with Crippen LogP contribution in [-0.2, 0) is 0 Å². The van der Waals surface area contributed by atoms with Gasteiger partial charge in [-0.3, -0.25) is 4.79 Å². The van der Waals surface area contributed by atoms with Gasteiger partial charge < -0.3 is 5.32 Å². The molecule has 2 rings (SSSR count). The van der Waals surface area contributed by atoms with Gasteiger partial charge >= 0.3 is 0 Å². The minimum absolute atomic E-state index is 0.242. The lowest BCUT2D eigenvalue weighted by atomic mass is 10.2. The van der Waals surface area contributed by atoms with Gasteiger partial charge in [0, 0.05) is 17.4 Å². The van der Waals surface area contributed by atoms with Crippen LogP contribution in [-0.4, -0.2) is 10.9 Å². The second-order valence-corrected chi connectivity index (χ2v) is 4.33. The standard InChI is InChI=1S/C13H8BrN3O/c14-12-7-10(4-5-16-12)13(18)17-11-3-1-2-9(6-11)8-15/h1-7H,(H,17,18). The first-order chi connectivity index (χ1) is 8.69. The molecule has 0 aliphatic carbocycles. The van der Waals surface area contributed by atoms with E-state index in [1.807, 2.05) is 6.07 Å². The molecule has 1 amide bonds. The maximum Gasteiger partial charge on any atom is 0.255 e. The summed E-state index contributed by atoms with van der Waals surface area (Å²) in [4.78, 5) is 15.9. The van der Waals surface area contributed by atoms with Crippen molar-refractivity contribution in [3.8, 4) is 6.07 Å². The second-order valence-electron chi connectivity index (χ2n) is 3.51. The molecular weight excluding hydrogens is 294 g/mol. The van der Waals surface area contributed by atoms with Crippen molar-refractivity contribution in [2.75, 3.05) is 5.32 Å². The summed E-state index contributed by atoms with van der Waals surface area (Å²) in [5.41, 5.74) is 1.59. The molecule has 0 fully saturated rings. The van der Waals surface area contributed by atoms with E-state index in [1.54, 1.807) is 42.6 Å². The summed E-state index contributed by atoms with van der Waals surface area (Å²) in [6.45, 7) is 0. The van der Waals surface area contributed by atoms with Gasteiger partial charge in [0.1, 0.15) is 4.60 Å². The van der Waals surface area contributed by atoms with Crippen molar-refractivity contribution in [2.24, 2.45) is 0 Å². The molecule has 5 heteroatoms. The average molecular weight is 302 g/mol. The van der Waals surface area contributed by atoms with Crippen LogP contribution < -0.4 is 5.32 Å². The number of aromatic nitrogens is 1. The smallest absolute Gasteiger partial charge is 0.255 e. The molecule has 0 saturated carbocycles. The summed E-state index contributed by atoms with van der Waals surface area (Å²) in [6.07, 6.45) is 1.55. The number of benzene rings is 1. The van der Waals surface area contributed by atoms with Gasteiger partial charge in [-0.05, 0) is 46.3 Å². The predicted octanol–water partition coefficient (Wildman–Crippen LogP) is 2.97. The van der Waals surface area contributed by atoms with E-state index in [0.29, 0.717) is 21.4 Å². The van der Waals surface area contributed by atoms with E-state index in [2.05, 4.69) is 26.2 Å². The highest BCUT2D eigenvalue weighted by atomic mass is 79.9. The fraction of sp³-hybridized carbons (Fsp3) is 0. The molecule has 0 aliphatic heterocycles. The molecule has 0 atom stereocenters. The molecule has 0 bridgehead atoms. The summed E-state index contributed by atoms with van der Waals surface area (Å²) in [5, 5.41) is 11.5. The number of nitriles is 1. The van der Waals surface area contributed by atoms with Crippen LogP contribution in [0.2, 0.25) is 0 Å². The van der Waals surface area contributed by atoms with Crippen LogP contribution in [0.4, 0.5) is 5.69 Å². The Hall–Kier alpha value is -2.19. The number of halogens is 1. The Balaban J connectivity index is 2.19. The van der Waals surface area contributed by atoms with Crippen molar-refractivity contribution in [2.45, 2.75) is 0 Å². The molecule has 0 unspecified atom stereocenters. The molecular formula is C13H8BrN3O. The maximum absolute atomic E-state index is 11.9. The quantitative estimate of drug-likeness (QED) is 0.867. The van der Waals surface area contributed by atoms with Gasteiger partial charge in [0.2, 0.25) is 0 Å². The zero-order valence-electron chi connectivity index (χ0n) is 9.22. The highest BCUT2D eigenvalue weighted by molar-refractivity contribution is 9.10. The number of anilines is 1. The molecule has 1 aromatic carbocycles. The van der Waals surface area contributed by atoms with Gasteiger partial charge in [0.25, 0.3) is 5.91 Å². The van der Waals surface area contributed by atoms with E-state index in [4.69, 9.17) is 5.26 Å². The average Bonchev–Trinajstić information content (AvgIpc) is 2.39. The first kappa shape index (κ1) is 12.3. The molecule has 0 spiro atoms. The van der Waals surface area contributed by atoms with Crippen molar-refractivity contribution >= 4 is 27.5 Å². The number of rotatable bonds is 2. The number of carbonyl (C=O) groups excluding carboxylic acids is 1. The second kappa shape index (κ2) is 5.43. The van der Waals surface area contributed by atoms with E-state index >= 15 is 0 Å². The fourth-order valence-electron chi connectivity index (χ4n) is 1.41. The van der Waals surface area contributed by atoms with Crippen LogP contribution >= 0.6 is 15.9 Å². The maximum atomic E-state index is 11.9. The van der Waals surface area contributed by atoms with Gasteiger partial charge in [0.05, 0.1) is 11.6 Å². The molecule has 0 radical (unpaired) electrons. The van der Waals surface area contributed by atoms with Crippen LogP contribution in [0.1, 0.15) is 15.9 Å². The van der Waals surface area contributed by atoms with Crippen LogP contribution in [0.5, 0.6) is 0 Å². The summed E-state index contributed by atoms with van der Waals surface area (Å²) in [5.74, 6) is -0.242. The highest BCUT2D eigenvalue weighted by Crippen LogP contribution is 2.13. The van der Waals surface area contributed by atoms with Crippen molar-refractivity contribution in [3.05, 3.63) is 58.3 Å². The van der Waals surface area contributed by atoms with E-state index in [0.717, 1.165) is 0 Å². The molecule has 1 aromatic heterocycles. The third-order valence-corrected chi connectivity index (χ3v) is 2.67. The molecule has 1 heterocycles. The van der Waals surface area contributed by atoms with E-state index in [9.17, 15) is 4.79 Å². The van der Waals surface area contributed by atoms with Gasteiger partial charge in [-0.2, -0.15) is 5.26 Å². The van der Waals surface area contributed by atoms with E-state index in [1.165, 1.54) is 0 Å². The molecule has 0 saturated heterocycles. The number of carbonyl (C=O) groups is 1. The number of pyridine rings is 1. The minimum atomic E-state index is -0.242. The normalized spacial score (nSPS) is 9.56. The van der Waals surface area contributed by atoms with Crippen molar-refractivity contribution in [1.82, 2.24) is 4.98 Å². The Labute approximate surface area is 112 Å². The lowest BCUT2D eigenvalue weighted by Gasteiger charge is -2.05. The lowest BCUT2D eigenvalue weighted by molar-refractivity contribution is 0.102. The number of hydrogen-bond donors (Lipinski definition) is 1. The summed E-state index contributed by atoms with van der Waals surface area (Å²) >= 11 is 3.20. The van der Waals surface area contributed by atoms with Crippen molar-refractivity contribution in [1.29, 1.82) is 5.26 Å². The van der Waals surface area contributed by atoms with Crippen LogP contribution in [0.15, 0.2) is 47.2 Å². The third-order valence-electron chi connectivity index (χ3n) is 2.24. The lowest BCUT2D eigenvalue weighted by Crippen LogP contribution is -2.12. The van der Waals surface area contributed by atoms with Gasteiger partial charge in [0.15, 0.2) is 0 Å². The summed E-state index contributed by atoms with van der Waals surface area (Å²) < 4.78 is 0.598. The van der Waals surface area contributed by atoms with Crippen molar-refractivity contribution in [3.63, 3.8) is 0 Å².